The Labute approximate surface area is 187 Å². The highest BCUT2D eigenvalue weighted by atomic mass is 35.5. The minimum absolute atomic E-state index is 0.261. The number of methoxy groups -OCH3 is 1. The molecule has 0 radical (unpaired) electrons. The summed E-state index contributed by atoms with van der Waals surface area (Å²) in [7, 11) is -1.87. The van der Waals surface area contributed by atoms with Crippen molar-refractivity contribution in [1.82, 2.24) is 18.4 Å². The number of aromatic nitrogens is 2. The second-order valence-corrected chi connectivity index (χ2v) is 10.1. The van der Waals surface area contributed by atoms with Gasteiger partial charge in [-0.15, -0.1) is 0 Å². The first kappa shape index (κ1) is 20.5. The lowest BCUT2D eigenvalue weighted by Crippen LogP contribution is -2.39. The fourth-order valence-electron chi connectivity index (χ4n) is 4.32. The Morgan fingerprint density at radius 1 is 0.968 bits per heavy atom. The van der Waals surface area contributed by atoms with Gasteiger partial charge in [-0.05, 0) is 37.1 Å². The molecule has 0 N–H and O–H groups in total. The van der Waals surface area contributed by atoms with Crippen LogP contribution in [0.5, 0.6) is 5.75 Å². The molecule has 5 rings (SSSR count). The molecule has 0 aliphatic carbocycles. The first-order valence-corrected chi connectivity index (χ1v) is 12.0. The Morgan fingerprint density at radius 2 is 1.68 bits per heavy atom. The van der Waals surface area contributed by atoms with Crippen molar-refractivity contribution in [2.45, 2.75) is 25.9 Å². The maximum Gasteiger partial charge on any atom is 0.282 e. The number of para-hydroxylation sites is 2. The predicted molar refractivity (Wildman–Crippen MR) is 120 cm³/mol. The van der Waals surface area contributed by atoms with Crippen molar-refractivity contribution >= 4 is 21.8 Å². The molecule has 0 atom stereocenters. The molecule has 3 heterocycles. The van der Waals surface area contributed by atoms with Crippen LogP contribution in [0.4, 0.5) is 0 Å². The van der Waals surface area contributed by atoms with Gasteiger partial charge in [0.1, 0.15) is 11.4 Å². The Balaban J connectivity index is 1.61. The summed E-state index contributed by atoms with van der Waals surface area (Å²) in [6.45, 7) is 1.72. The van der Waals surface area contributed by atoms with E-state index >= 15 is 0 Å². The third-order valence-electron chi connectivity index (χ3n) is 5.88. The van der Waals surface area contributed by atoms with Crippen molar-refractivity contribution in [3.63, 3.8) is 0 Å². The van der Waals surface area contributed by atoms with Gasteiger partial charge in [0, 0.05) is 35.8 Å². The molecule has 1 aromatic heterocycles. The van der Waals surface area contributed by atoms with Crippen LogP contribution in [-0.2, 0) is 23.3 Å². The Bertz CT molecular complexity index is 1220. The highest BCUT2D eigenvalue weighted by Crippen LogP contribution is 2.38. The minimum atomic E-state index is -3.50. The zero-order chi connectivity index (χ0) is 21.6. The molecule has 31 heavy (non-hydrogen) atoms. The number of hydrogen-bond donors (Lipinski definition) is 0. The average Bonchev–Trinajstić information content (AvgIpc) is 3.51. The third-order valence-corrected chi connectivity index (χ3v) is 8.06. The molecule has 2 aliphatic heterocycles. The van der Waals surface area contributed by atoms with Gasteiger partial charge >= 0.3 is 0 Å². The van der Waals surface area contributed by atoms with E-state index in [4.69, 9.17) is 21.4 Å². The average molecular weight is 459 g/mol. The van der Waals surface area contributed by atoms with E-state index in [0.29, 0.717) is 30.4 Å². The standard InChI is InChI=1S/C22H23ClN4O3S/c1-30-21-7-3-2-6-20(21)27-22(16-8-10-17(23)11-9-16)18-14-26(15-19(18)24-27)31(28,29)25-12-4-5-13-25/h2-3,6-11H,4-5,12-15H2,1H3. The molecule has 2 aliphatic rings. The van der Waals surface area contributed by atoms with Gasteiger partial charge in [0.2, 0.25) is 0 Å². The second kappa shape index (κ2) is 7.94. The zero-order valence-corrected chi connectivity index (χ0v) is 18.7. The van der Waals surface area contributed by atoms with Crippen LogP contribution in [0.1, 0.15) is 24.1 Å². The summed E-state index contributed by atoms with van der Waals surface area (Å²) in [6.07, 6.45) is 1.82. The zero-order valence-electron chi connectivity index (χ0n) is 17.2. The van der Waals surface area contributed by atoms with Crippen LogP contribution in [0.3, 0.4) is 0 Å². The SMILES string of the molecule is COc1ccccc1-n1nc2c(c1-c1ccc(Cl)cc1)CN(S(=O)(=O)N1CCCC1)C2. The lowest BCUT2D eigenvalue weighted by Gasteiger charge is -2.23. The second-order valence-electron chi connectivity index (χ2n) is 7.75. The van der Waals surface area contributed by atoms with E-state index in [2.05, 4.69) is 0 Å². The van der Waals surface area contributed by atoms with Crippen molar-refractivity contribution in [3.05, 3.63) is 64.8 Å². The molecule has 9 heteroatoms. The van der Waals surface area contributed by atoms with Crippen molar-refractivity contribution < 1.29 is 13.2 Å². The lowest BCUT2D eigenvalue weighted by molar-refractivity contribution is 0.366. The fourth-order valence-corrected chi connectivity index (χ4v) is 6.07. The first-order valence-electron chi connectivity index (χ1n) is 10.2. The molecular weight excluding hydrogens is 436 g/mol. The summed E-state index contributed by atoms with van der Waals surface area (Å²) in [5.74, 6) is 0.695. The van der Waals surface area contributed by atoms with Gasteiger partial charge in [-0.1, -0.05) is 35.9 Å². The maximum atomic E-state index is 13.1. The number of benzene rings is 2. The number of halogens is 1. The van der Waals surface area contributed by atoms with Gasteiger partial charge in [0.25, 0.3) is 10.2 Å². The van der Waals surface area contributed by atoms with Crippen LogP contribution in [0.15, 0.2) is 48.5 Å². The summed E-state index contributed by atoms with van der Waals surface area (Å²) >= 11 is 6.12. The van der Waals surface area contributed by atoms with Crippen LogP contribution in [-0.4, -0.2) is 47.0 Å². The van der Waals surface area contributed by atoms with Crippen molar-refractivity contribution in [2.75, 3.05) is 20.2 Å². The van der Waals surface area contributed by atoms with Gasteiger partial charge in [-0.2, -0.15) is 22.1 Å². The molecule has 0 unspecified atom stereocenters. The van der Waals surface area contributed by atoms with Crippen LogP contribution < -0.4 is 4.74 Å². The summed E-state index contributed by atoms with van der Waals surface area (Å²) in [6, 6.07) is 15.2. The van der Waals surface area contributed by atoms with E-state index in [-0.39, 0.29) is 6.54 Å². The van der Waals surface area contributed by atoms with E-state index in [0.717, 1.165) is 41.0 Å². The molecule has 0 spiro atoms. The summed E-state index contributed by atoms with van der Waals surface area (Å²) in [5, 5.41) is 5.48. The highest BCUT2D eigenvalue weighted by Gasteiger charge is 2.39. The van der Waals surface area contributed by atoms with Crippen LogP contribution in [0.25, 0.3) is 16.9 Å². The fraction of sp³-hybridized carbons (Fsp3) is 0.318. The smallest absolute Gasteiger partial charge is 0.282 e. The Kier molecular flexibility index (Phi) is 5.26. The Hall–Kier alpha value is -2.39. The summed E-state index contributed by atoms with van der Waals surface area (Å²) in [4.78, 5) is 0. The number of hydrogen-bond acceptors (Lipinski definition) is 4. The van der Waals surface area contributed by atoms with Crippen molar-refractivity contribution in [3.8, 4) is 22.7 Å². The molecule has 0 saturated carbocycles. The number of fused-ring (bicyclic) bond motifs is 1. The minimum Gasteiger partial charge on any atom is -0.494 e. The lowest BCUT2D eigenvalue weighted by atomic mass is 10.1. The molecular formula is C22H23ClN4O3S. The van der Waals surface area contributed by atoms with E-state index in [9.17, 15) is 8.42 Å². The first-order chi connectivity index (χ1) is 15.0. The molecule has 2 aromatic carbocycles. The molecule has 0 bridgehead atoms. The van der Waals surface area contributed by atoms with Gasteiger partial charge in [-0.25, -0.2) is 4.68 Å². The number of rotatable bonds is 5. The summed E-state index contributed by atoms with van der Waals surface area (Å²) < 4.78 is 36.8. The van der Waals surface area contributed by atoms with Gasteiger partial charge in [-0.3, -0.25) is 0 Å². The van der Waals surface area contributed by atoms with E-state index < -0.39 is 10.2 Å². The van der Waals surface area contributed by atoms with E-state index in [1.807, 2.05) is 53.2 Å². The van der Waals surface area contributed by atoms with Crippen LogP contribution >= 0.6 is 11.6 Å². The molecule has 1 fully saturated rings. The van der Waals surface area contributed by atoms with Crippen molar-refractivity contribution in [2.24, 2.45) is 0 Å². The predicted octanol–water partition coefficient (Wildman–Crippen LogP) is 3.86. The quantitative estimate of drug-likeness (QED) is 0.582. The molecule has 1 saturated heterocycles. The van der Waals surface area contributed by atoms with Crippen LogP contribution in [0, 0.1) is 0 Å². The van der Waals surface area contributed by atoms with Crippen molar-refractivity contribution in [1.29, 1.82) is 0 Å². The molecule has 7 nitrogen and oxygen atoms in total. The number of ether oxygens (including phenoxy) is 1. The van der Waals surface area contributed by atoms with E-state index in [1.165, 1.54) is 4.31 Å². The molecule has 3 aromatic rings. The maximum absolute atomic E-state index is 13.1. The van der Waals surface area contributed by atoms with Crippen LogP contribution in [0.2, 0.25) is 5.02 Å². The third kappa shape index (κ3) is 3.53. The largest absolute Gasteiger partial charge is 0.494 e. The van der Waals surface area contributed by atoms with Gasteiger partial charge in [0.15, 0.2) is 0 Å². The van der Waals surface area contributed by atoms with Gasteiger partial charge in [0.05, 0.1) is 25.0 Å². The number of nitrogens with zero attached hydrogens (tertiary/aromatic N) is 4. The van der Waals surface area contributed by atoms with E-state index in [1.54, 1.807) is 11.4 Å². The highest BCUT2D eigenvalue weighted by molar-refractivity contribution is 7.86. The monoisotopic (exact) mass is 458 g/mol. The molecule has 0 amide bonds. The Morgan fingerprint density at radius 3 is 2.39 bits per heavy atom. The normalized spacial score (nSPS) is 17.2. The van der Waals surface area contributed by atoms with Gasteiger partial charge < -0.3 is 4.74 Å². The topological polar surface area (TPSA) is 67.7 Å². The summed E-state index contributed by atoms with van der Waals surface area (Å²) in [5.41, 5.74) is 4.26. The molecule has 162 valence electrons.